The van der Waals surface area contributed by atoms with Crippen LogP contribution < -0.4 is 5.32 Å². The van der Waals surface area contributed by atoms with Crippen molar-refractivity contribution in [1.29, 1.82) is 0 Å². The number of nitrogens with zero attached hydrogens (tertiary/aromatic N) is 1. The number of amides is 1. The molecule has 0 aliphatic carbocycles. The number of carbonyl (C=O) groups excluding carboxylic acids is 1. The number of nitrogens with one attached hydrogen (secondary N) is 2. The summed E-state index contributed by atoms with van der Waals surface area (Å²) in [6.07, 6.45) is 0.250. The first kappa shape index (κ1) is 19.0. The van der Waals surface area contributed by atoms with Gasteiger partial charge in [-0.3, -0.25) is 9.89 Å². The van der Waals surface area contributed by atoms with Crippen molar-refractivity contribution in [2.75, 3.05) is 0 Å². The number of hydrogen-bond donors (Lipinski definition) is 3. The van der Waals surface area contributed by atoms with Crippen molar-refractivity contribution in [2.24, 2.45) is 0 Å². The number of aromatic hydroxyl groups is 1. The average Bonchev–Trinajstić information content (AvgIpc) is 2.96. The van der Waals surface area contributed by atoms with E-state index in [0.717, 1.165) is 28.1 Å². The van der Waals surface area contributed by atoms with E-state index >= 15 is 0 Å². The monoisotopic (exact) mass is 383 g/mol. The number of rotatable bonds is 6. The number of benzene rings is 2. The van der Waals surface area contributed by atoms with Crippen molar-refractivity contribution in [3.05, 3.63) is 81.6 Å². The van der Waals surface area contributed by atoms with Gasteiger partial charge < -0.3 is 10.4 Å². The number of aryl methyl sites for hydroxylation is 2. The van der Waals surface area contributed by atoms with Crippen molar-refractivity contribution >= 4 is 17.5 Å². The summed E-state index contributed by atoms with van der Waals surface area (Å²) in [6.45, 7) is 4.27. The Kier molecular flexibility index (Phi) is 5.81. The van der Waals surface area contributed by atoms with Crippen LogP contribution in [0, 0.1) is 13.8 Å². The number of phenols is 1. The Balaban J connectivity index is 1.80. The van der Waals surface area contributed by atoms with Crippen LogP contribution in [0.2, 0.25) is 5.02 Å². The highest BCUT2D eigenvalue weighted by Crippen LogP contribution is 2.31. The summed E-state index contributed by atoms with van der Waals surface area (Å²) < 4.78 is 0. The van der Waals surface area contributed by atoms with E-state index in [4.69, 9.17) is 11.6 Å². The number of hydrogen-bond acceptors (Lipinski definition) is 3. The lowest BCUT2D eigenvalue weighted by atomic mass is 9.88. The van der Waals surface area contributed by atoms with Crippen LogP contribution in [0.1, 0.15) is 40.4 Å². The highest BCUT2D eigenvalue weighted by Gasteiger charge is 2.19. The van der Waals surface area contributed by atoms with Gasteiger partial charge in [-0.05, 0) is 49.2 Å². The van der Waals surface area contributed by atoms with Gasteiger partial charge in [0.25, 0.3) is 0 Å². The molecule has 6 heteroatoms. The van der Waals surface area contributed by atoms with E-state index in [9.17, 15) is 9.90 Å². The van der Waals surface area contributed by atoms with Gasteiger partial charge in [-0.25, -0.2) is 0 Å². The van der Waals surface area contributed by atoms with Gasteiger partial charge in [0.1, 0.15) is 5.75 Å². The van der Waals surface area contributed by atoms with Crippen LogP contribution in [0.4, 0.5) is 0 Å². The lowest BCUT2D eigenvalue weighted by Gasteiger charge is -2.18. The van der Waals surface area contributed by atoms with Crippen LogP contribution in [0.3, 0.4) is 0 Å². The Hall–Kier alpha value is -2.79. The summed E-state index contributed by atoms with van der Waals surface area (Å²) in [5.74, 6) is -0.116. The SMILES string of the molecule is Cc1n[nH]c(C)c1CNC(=O)C[C@@H](c1cccc(O)c1)c1cccc(Cl)c1. The number of aromatic nitrogens is 2. The van der Waals surface area contributed by atoms with Gasteiger partial charge in [-0.1, -0.05) is 35.9 Å². The van der Waals surface area contributed by atoms with Gasteiger partial charge >= 0.3 is 0 Å². The minimum absolute atomic E-state index is 0.0803. The molecular weight excluding hydrogens is 362 g/mol. The quantitative estimate of drug-likeness (QED) is 0.596. The van der Waals surface area contributed by atoms with E-state index in [2.05, 4.69) is 15.5 Å². The molecule has 0 saturated heterocycles. The number of H-pyrrole nitrogens is 1. The van der Waals surface area contributed by atoms with E-state index in [1.165, 1.54) is 0 Å². The smallest absolute Gasteiger partial charge is 0.221 e. The molecule has 0 spiro atoms. The van der Waals surface area contributed by atoms with Crippen LogP contribution in [-0.2, 0) is 11.3 Å². The van der Waals surface area contributed by atoms with Gasteiger partial charge in [0.15, 0.2) is 0 Å². The van der Waals surface area contributed by atoms with Crippen molar-refractivity contribution < 1.29 is 9.90 Å². The molecule has 140 valence electrons. The third kappa shape index (κ3) is 4.68. The van der Waals surface area contributed by atoms with Crippen LogP contribution in [0.25, 0.3) is 0 Å². The summed E-state index contributed by atoms with van der Waals surface area (Å²) in [6, 6.07) is 14.4. The van der Waals surface area contributed by atoms with Crippen molar-refractivity contribution in [2.45, 2.75) is 32.7 Å². The topological polar surface area (TPSA) is 78.0 Å². The zero-order chi connectivity index (χ0) is 19.4. The number of aromatic amines is 1. The van der Waals surface area contributed by atoms with Crippen molar-refractivity contribution in [3.8, 4) is 5.75 Å². The minimum Gasteiger partial charge on any atom is -0.508 e. The lowest BCUT2D eigenvalue weighted by Crippen LogP contribution is -2.25. The number of phenolic OH excluding ortho intramolecular Hbond substituents is 1. The van der Waals surface area contributed by atoms with Gasteiger partial charge in [0.05, 0.1) is 5.69 Å². The molecule has 27 heavy (non-hydrogen) atoms. The largest absolute Gasteiger partial charge is 0.508 e. The fourth-order valence-electron chi connectivity index (χ4n) is 3.17. The van der Waals surface area contributed by atoms with Crippen molar-refractivity contribution in [3.63, 3.8) is 0 Å². The molecule has 3 rings (SSSR count). The summed E-state index contributed by atoms with van der Waals surface area (Å²) in [4.78, 5) is 12.7. The number of halogens is 1. The van der Waals surface area contributed by atoms with E-state index in [-0.39, 0.29) is 24.0 Å². The standard InChI is InChI=1S/C21H22ClN3O2/c1-13-20(14(2)25-24-13)12-23-21(27)11-19(15-5-3-7-17(22)9-15)16-6-4-8-18(26)10-16/h3-10,19,26H,11-12H2,1-2H3,(H,23,27)(H,24,25)/t19-/m1/s1. The Bertz CT molecular complexity index is 887. The number of carbonyl (C=O) groups is 1. The first-order valence-electron chi connectivity index (χ1n) is 8.75. The second-order valence-corrected chi connectivity index (χ2v) is 7.03. The Morgan fingerprint density at radius 1 is 1.19 bits per heavy atom. The van der Waals surface area contributed by atoms with Crippen molar-refractivity contribution in [1.82, 2.24) is 15.5 Å². The van der Waals surface area contributed by atoms with Gasteiger partial charge in [-0.2, -0.15) is 5.10 Å². The Labute approximate surface area is 163 Å². The second-order valence-electron chi connectivity index (χ2n) is 6.60. The fraction of sp³-hybridized carbons (Fsp3) is 0.238. The normalized spacial score (nSPS) is 12.0. The van der Waals surface area contributed by atoms with Crippen LogP contribution in [0.5, 0.6) is 5.75 Å². The highest BCUT2D eigenvalue weighted by atomic mass is 35.5. The fourth-order valence-corrected chi connectivity index (χ4v) is 3.37. The lowest BCUT2D eigenvalue weighted by molar-refractivity contribution is -0.121. The predicted molar refractivity (Wildman–Crippen MR) is 106 cm³/mol. The molecule has 1 atom stereocenters. The molecule has 1 amide bonds. The maximum absolute atomic E-state index is 12.7. The molecule has 0 bridgehead atoms. The molecule has 5 nitrogen and oxygen atoms in total. The van der Waals surface area contributed by atoms with E-state index in [1.54, 1.807) is 24.3 Å². The van der Waals surface area contributed by atoms with Gasteiger partial charge in [-0.15, -0.1) is 0 Å². The van der Waals surface area contributed by atoms with E-state index in [1.807, 2.05) is 38.1 Å². The molecule has 0 aliphatic heterocycles. The third-order valence-electron chi connectivity index (χ3n) is 4.66. The van der Waals surface area contributed by atoms with E-state index < -0.39 is 0 Å². The molecule has 0 radical (unpaired) electrons. The maximum Gasteiger partial charge on any atom is 0.221 e. The molecule has 1 heterocycles. The highest BCUT2D eigenvalue weighted by molar-refractivity contribution is 6.30. The Morgan fingerprint density at radius 3 is 2.52 bits per heavy atom. The maximum atomic E-state index is 12.7. The average molecular weight is 384 g/mol. The third-order valence-corrected chi connectivity index (χ3v) is 4.89. The first-order chi connectivity index (χ1) is 12.9. The van der Waals surface area contributed by atoms with Gasteiger partial charge in [0.2, 0.25) is 5.91 Å². The van der Waals surface area contributed by atoms with E-state index in [0.29, 0.717) is 11.6 Å². The molecule has 0 aliphatic rings. The molecular formula is C21H22ClN3O2. The molecule has 1 aromatic heterocycles. The molecule has 0 unspecified atom stereocenters. The summed E-state index contributed by atoms with van der Waals surface area (Å²) in [5, 5.41) is 20.5. The zero-order valence-electron chi connectivity index (χ0n) is 15.3. The van der Waals surface area contributed by atoms with Crippen LogP contribution in [0.15, 0.2) is 48.5 Å². The molecule has 0 saturated carbocycles. The summed E-state index contributed by atoms with van der Waals surface area (Å²) in [5.41, 5.74) is 4.63. The minimum atomic E-state index is -0.206. The Morgan fingerprint density at radius 2 is 1.89 bits per heavy atom. The molecule has 3 aromatic rings. The molecule has 2 aromatic carbocycles. The molecule has 3 N–H and O–H groups in total. The van der Waals surface area contributed by atoms with Crippen LogP contribution >= 0.6 is 11.6 Å². The van der Waals surface area contributed by atoms with Gasteiger partial charge in [0, 0.05) is 35.2 Å². The van der Waals surface area contributed by atoms with Crippen LogP contribution in [-0.4, -0.2) is 21.2 Å². The zero-order valence-corrected chi connectivity index (χ0v) is 16.0. The summed E-state index contributed by atoms with van der Waals surface area (Å²) in [7, 11) is 0. The second kappa shape index (κ2) is 8.27. The predicted octanol–water partition coefficient (Wildman–Crippen LogP) is 4.22. The summed E-state index contributed by atoms with van der Waals surface area (Å²) >= 11 is 6.15. The molecule has 0 fully saturated rings. The first-order valence-corrected chi connectivity index (χ1v) is 9.13.